The normalized spacial score (nSPS) is 56.0. The van der Waals surface area contributed by atoms with Crippen LogP contribution in [0.2, 0.25) is 0 Å². The summed E-state index contributed by atoms with van der Waals surface area (Å²) >= 11 is 0. The molecule has 2 heterocycles. The van der Waals surface area contributed by atoms with Gasteiger partial charge in [0.2, 0.25) is 0 Å². The van der Waals surface area contributed by atoms with Gasteiger partial charge in [-0.15, -0.1) is 0 Å². The molecule has 0 aromatic carbocycles. The molecule has 40 heavy (non-hydrogen) atoms. The van der Waals surface area contributed by atoms with Gasteiger partial charge in [-0.25, -0.2) is 4.79 Å². The predicted molar refractivity (Wildman–Crippen MR) is 136 cm³/mol. The second kappa shape index (κ2) is 9.54. The summed E-state index contributed by atoms with van der Waals surface area (Å²) in [7, 11) is 0. The molecule has 224 valence electrons. The van der Waals surface area contributed by atoms with E-state index in [1.54, 1.807) is 6.92 Å². The second-order valence-corrected chi connectivity index (χ2v) is 13.5. The number of aliphatic hydroxyl groups excluding tert-OH is 4. The molecular weight excluding hydrogens is 524 g/mol. The van der Waals surface area contributed by atoms with Crippen LogP contribution < -0.4 is 0 Å². The number of hydrogen-bond donors (Lipinski definition) is 6. The summed E-state index contributed by atoms with van der Waals surface area (Å²) in [5.41, 5.74) is -4.09. The number of ether oxygens (including phenoxy) is 3. The maximum absolute atomic E-state index is 13.0. The van der Waals surface area contributed by atoms with Gasteiger partial charge in [0.1, 0.15) is 31.2 Å². The zero-order chi connectivity index (χ0) is 28.8. The van der Waals surface area contributed by atoms with Gasteiger partial charge in [-0.3, -0.25) is 0 Å². The molecule has 0 spiro atoms. The van der Waals surface area contributed by atoms with Gasteiger partial charge < -0.3 is 49.6 Å². The molecule has 4 aliphatic carbocycles. The number of hydrogen-bond acceptors (Lipinski definition) is 11. The van der Waals surface area contributed by atoms with Crippen LogP contribution in [0.3, 0.4) is 0 Å². The third kappa shape index (κ3) is 3.71. The van der Waals surface area contributed by atoms with E-state index >= 15 is 0 Å². The molecule has 0 radical (unpaired) electrons. The summed E-state index contributed by atoms with van der Waals surface area (Å²) in [6.45, 7) is 3.61. The minimum Gasteiger partial charge on any atom is -0.458 e. The number of cyclic esters (lactones) is 1. The Kier molecular flexibility index (Phi) is 6.83. The fraction of sp³-hybridized carbons (Fsp3) is 0.862. The molecule has 0 amide bonds. The summed E-state index contributed by atoms with van der Waals surface area (Å²) < 4.78 is 16.8. The standard InChI is InChI=1S/C29H42O11/c1-14-22(33)23(34)24(35)25(39-14)40-16-3-6-27(13-30)19-10-20(31)26(2)17(15-9-21(32)38-12-15)5-8-29(26,37)18(19)4-7-28(27,36)11-16/h9,13-14,16-20,22-25,31,33-37H,3-8,10-12H2,1-2H3/t14-,16+,17+,18+,19-,20-,22-,23-,24-,25-,26-,27-,28-,29+/m0/s1. The van der Waals surface area contributed by atoms with Crippen molar-refractivity contribution in [3.63, 3.8) is 0 Å². The van der Waals surface area contributed by atoms with Crippen molar-refractivity contribution in [2.75, 3.05) is 6.61 Å². The monoisotopic (exact) mass is 566 g/mol. The molecule has 6 rings (SSSR count). The molecule has 5 fully saturated rings. The minimum absolute atomic E-state index is 0.0926. The summed E-state index contributed by atoms with van der Waals surface area (Å²) in [6, 6.07) is 0. The van der Waals surface area contributed by atoms with Gasteiger partial charge in [0.15, 0.2) is 6.29 Å². The predicted octanol–water partition coefficient (Wildman–Crippen LogP) is -0.279. The summed E-state index contributed by atoms with van der Waals surface area (Å²) in [5.74, 6) is -1.42. The Hall–Kier alpha value is -1.44. The molecule has 0 aromatic rings. The van der Waals surface area contributed by atoms with E-state index in [2.05, 4.69) is 0 Å². The van der Waals surface area contributed by atoms with Crippen LogP contribution in [0.25, 0.3) is 0 Å². The third-order valence-electron chi connectivity index (χ3n) is 12.1. The average Bonchev–Trinajstić information content (AvgIpc) is 3.46. The van der Waals surface area contributed by atoms with E-state index < -0.39 is 76.8 Å². The van der Waals surface area contributed by atoms with Crippen LogP contribution in [0.4, 0.5) is 0 Å². The van der Waals surface area contributed by atoms with E-state index in [0.29, 0.717) is 25.7 Å². The highest BCUT2D eigenvalue weighted by molar-refractivity contribution is 5.85. The highest BCUT2D eigenvalue weighted by atomic mass is 16.7. The Morgan fingerprint density at radius 1 is 1.00 bits per heavy atom. The lowest BCUT2D eigenvalue weighted by Crippen LogP contribution is -2.71. The van der Waals surface area contributed by atoms with Crippen LogP contribution in [0.15, 0.2) is 11.6 Å². The molecule has 6 aliphatic rings. The molecule has 2 aliphatic heterocycles. The van der Waals surface area contributed by atoms with Crippen molar-refractivity contribution in [2.24, 2.45) is 28.6 Å². The van der Waals surface area contributed by atoms with Gasteiger partial charge in [0.25, 0.3) is 0 Å². The van der Waals surface area contributed by atoms with Gasteiger partial charge in [-0.1, -0.05) is 6.92 Å². The second-order valence-electron chi connectivity index (χ2n) is 13.5. The van der Waals surface area contributed by atoms with E-state index in [1.807, 2.05) is 6.92 Å². The van der Waals surface area contributed by atoms with E-state index in [9.17, 15) is 40.2 Å². The molecule has 1 saturated heterocycles. The van der Waals surface area contributed by atoms with Gasteiger partial charge in [0.05, 0.1) is 34.9 Å². The Morgan fingerprint density at radius 3 is 2.42 bits per heavy atom. The topological polar surface area (TPSA) is 183 Å². The zero-order valence-corrected chi connectivity index (χ0v) is 23.0. The smallest absolute Gasteiger partial charge is 0.331 e. The first-order chi connectivity index (χ1) is 18.8. The maximum atomic E-state index is 13.0. The van der Waals surface area contributed by atoms with Crippen molar-refractivity contribution in [3.8, 4) is 0 Å². The van der Waals surface area contributed by atoms with Gasteiger partial charge in [-0.05, 0) is 75.2 Å². The van der Waals surface area contributed by atoms with Crippen LogP contribution >= 0.6 is 0 Å². The molecule has 11 nitrogen and oxygen atoms in total. The molecular formula is C29H42O11. The summed E-state index contributed by atoms with van der Waals surface area (Å²) in [4.78, 5) is 24.8. The van der Waals surface area contributed by atoms with Crippen LogP contribution in [-0.4, -0.2) is 104 Å². The Morgan fingerprint density at radius 2 is 1.75 bits per heavy atom. The largest absolute Gasteiger partial charge is 0.458 e. The van der Waals surface area contributed by atoms with Crippen molar-refractivity contribution in [1.29, 1.82) is 0 Å². The number of fused-ring (bicyclic) bond motifs is 5. The lowest BCUT2D eigenvalue weighted by Gasteiger charge is -2.66. The Labute approximate surface area is 233 Å². The quantitative estimate of drug-likeness (QED) is 0.149. The van der Waals surface area contributed by atoms with Gasteiger partial charge >= 0.3 is 5.97 Å². The highest BCUT2D eigenvalue weighted by Crippen LogP contribution is 2.70. The molecule has 0 aromatic heterocycles. The minimum atomic E-state index is -1.47. The fourth-order valence-electron chi connectivity index (χ4n) is 9.74. The van der Waals surface area contributed by atoms with Crippen molar-refractivity contribution >= 4 is 12.3 Å². The van der Waals surface area contributed by atoms with Crippen molar-refractivity contribution in [2.45, 2.75) is 119 Å². The molecule has 0 unspecified atom stereocenters. The van der Waals surface area contributed by atoms with E-state index in [-0.39, 0.29) is 44.1 Å². The number of carbonyl (C=O) groups is 2. The van der Waals surface area contributed by atoms with Crippen LogP contribution in [0.1, 0.15) is 65.2 Å². The molecule has 6 N–H and O–H groups in total. The zero-order valence-electron chi connectivity index (χ0n) is 23.0. The first-order valence-electron chi connectivity index (χ1n) is 14.6. The number of esters is 1. The molecule has 14 atom stereocenters. The molecule has 4 saturated carbocycles. The number of rotatable bonds is 4. The van der Waals surface area contributed by atoms with E-state index in [0.717, 1.165) is 11.9 Å². The first kappa shape index (κ1) is 28.7. The molecule has 0 bridgehead atoms. The number of carbonyl (C=O) groups excluding carboxylic acids is 2. The maximum Gasteiger partial charge on any atom is 0.331 e. The van der Waals surface area contributed by atoms with Crippen molar-refractivity contribution in [3.05, 3.63) is 11.6 Å². The van der Waals surface area contributed by atoms with Crippen molar-refractivity contribution in [1.82, 2.24) is 0 Å². The van der Waals surface area contributed by atoms with Crippen molar-refractivity contribution < 1.29 is 54.4 Å². The van der Waals surface area contributed by atoms with Crippen LogP contribution in [0, 0.1) is 28.6 Å². The first-order valence-corrected chi connectivity index (χ1v) is 14.6. The lowest BCUT2D eigenvalue weighted by molar-refractivity contribution is -0.319. The Balaban J connectivity index is 1.25. The van der Waals surface area contributed by atoms with Crippen LogP contribution in [0.5, 0.6) is 0 Å². The lowest BCUT2D eigenvalue weighted by atomic mass is 9.41. The SMILES string of the molecule is C[C@@H]1O[C@@H](O[C@@H]2CC[C@]3(C=O)[C@H]4C[C@H](O)[C@]5(C)[C@@H](C6=CC(=O)OC6)CC[C@@]5(O)[C@@H]4CC[C@]3(O)C2)[C@@H](O)[C@@H](O)[C@H]1O. The van der Waals surface area contributed by atoms with Crippen LogP contribution in [-0.2, 0) is 23.8 Å². The Bertz CT molecular complexity index is 1080. The highest BCUT2D eigenvalue weighted by Gasteiger charge is 2.74. The summed E-state index contributed by atoms with van der Waals surface area (Å²) in [6.07, 6.45) is -2.70. The van der Waals surface area contributed by atoms with Gasteiger partial charge in [-0.2, -0.15) is 0 Å². The fourth-order valence-corrected chi connectivity index (χ4v) is 9.74. The molecule has 11 heteroatoms. The van der Waals surface area contributed by atoms with E-state index in [1.165, 1.54) is 6.08 Å². The van der Waals surface area contributed by atoms with E-state index in [4.69, 9.17) is 14.2 Å². The number of aldehydes is 1. The average molecular weight is 567 g/mol. The summed E-state index contributed by atoms with van der Waals surface area (Å²) in [5, 5.41) is 66.7. The number of aliphatic hydroxyl groups is 6. The van der Waals surface area contributed by atoms with Gasteiger partial charge in [0, 0.05) is 17.9 Å². The third-order valence-corrected chi connectivity index (χ3v) is 12.1.